The van der Waals surface area contributed by atoms with Crippen molar-refractivity contribution in [2.45, 2.75) is 25.3 Å². The zero-order chi connectivity index (χ0) is 15.1. The summed E-state index contributed by atoms with van der Waals surface area (Å²) in [6, 6.07) is 7.56. The first-order valence-electron chi connectivity index (χ1n) is 7.39. The molecule has 0 radical (unpaired) electrons. The summed E-state index contributed by atoms with van der Waals surface area (Å²) in [4.78, 5) is 14.4. The molecule has 0 aromatic heterocycles. The van der Waals surface area contributed by atoms with Crippen LogP contribution in [0.25, 0.3) is 0 Å². The van der Waals surface area contributed by atoms with Crippen molar-refractivity contribution < 1.29 is 9.90 Å². The van der Waals surface area contributed by atoms with Crippen molar-refractivity contribution in [3.05, 3.63) is 35.4 Å². The molecule has 0 bridgehead atoms. The number of carbonyl (C=O) groups excluding carboxylic acids is 1. The summed E-state index contributed by atoms with van der Waals surface area (Å²) < 4.78 is 0. The van der Waals surface area contributed by atoms with Crippen LogP contribution in [0.1, 0.15) is 35.2 Å². The highest BCUT2D eigenvalue weighted by atomic mass is 16.2. The van der Waals surface area contributed by atoms with Crippen LogP contribution in [0.4, 0.5) is 0 Å². The molecule has 1 saturated heterocycles. The maximum Gasteiger partial charge on any atom is 0.251 e. The van der Waals surface area contributed by atoms with E-state index >= 15 is 0 Å². The van der Waals surface area contributed by atoms with Gasteiger partial charge in [0.05, 0.1) is 0 Å². The number of nitrogens with one attached hydrogen (secondary N) is 1. The van der Waals surface area contributed by atoms with Crippen LogP contribution in [0.3, 0.4) is 0 Å². The van der Waals surface area contributed by atoms with Gasteiger partial charge in [-0.3, -0.25) is 4.79 Å². The van der Waals surface area contributed by atoms with E-state index in [0.717, 1.165) is 18.5 Å². The van der Waals surface area contributed by atoms with Gasteiger partial charge in [0.2, 0.25) is 0 Å². The largest absolute Gasteiger partial charge is 0.384 e. The Kier molecular flexibility index (Phi) is 5.79. The average Bonchev–Trinajstić information content (AvgIpc) is 2.52. The quantitative estimate of drug-likeness (QED) is 0.822. The molecule has 1 fully saturated rings. The van der Waals surface area contributed by atoms with Gasteiger partial charge in [0.25, 0.3) is 5.91 Å². The van der Waals surface area contributed by atoms with Crippen LogP contribution >= 0.6 is 0 Å². The predicted octanol–water partition coefficient (Wildman–Crippen LogP) is 1.24. The van der Waals surface area contributed by atoms with Gasteiger partial charge in [0, 0.05) is 23.7 Å². The molecule has 0 saturated carbocycles. The molecular formula is C17H22N2O2. The van der Waals surface area contributed by atoms with Crippen LogP contribution in [-0.2, 0) is 0 Å². The number of carbonyl (C=O) groups is 1. The maximum atomic E-state index is 12.1. The highest BCUT2D eigenvalue weighted by Crippen LogP contribution is 2.14. The molecule has 2 N–H and O–H groups in total. The fraction of sp³-hybridized carbons (Fsp3) is 0.471. The molecule has 4 nitrogen and oxygen atoms in total. The number of likely N-dealkylation sites (N-methyl/N-ethyl adjacent to an activating group) is 1. The number of hydrogen-bond donors (Lipinski definition) is 2. The first-order valence-corrected chi connectivity index (χ1v) is 7.39. The molecule has 1 heterocycles. The summed E-state index contributed by atoms with van der Waals surface area (Å²) in [6.45, 7) is 1.65. The normalized spacial score (nSPS) is 18.7. The van der Waals surface area contributed by atoms with E-state index in [1.807, 2.05) is 0 Å². The van der Waals surface area contributed by atoms with Gasteiger partial charge < -0.3 is 15.3 Å². The van der Waals surface area contributed by atoms with Crippen molar-refractivity contribution in [2.75, 3.05) is 26.7 Å². The minimum absolute atomic E-state index is 0.0457. The Morgan fingerprint density at radius 1 is 1.38 bits per heavy atom. The van der Waals surface area contributed by atoms with Gasteiger partial charge in [-0.25, -0.2) is 0 Å². The molecule has 1 amide bonds. The van der Waals surface area contributed by atoms with Gasteiger partial charge in [-0.2, -0.15) is 0 Å². The average molecular weight is 286 g/mol. The Morgan fingerprint density at radius 2 is 2.14 bits per heavy atom. The number of hydrogen-bond acceptors (Lipinski definition) is 3. The van der Waals surface area contributed by atoms with Crippen LogP contribution in [-0.4, -0.2) is 48.7 Å². The molecule has 1 aromatic carbocycles. The lowest BCUT2D eigenvalue weighted by Crippen LogP contribution is -2.44. The molecule has 1 aliphatic rings. The predicted molar refractivity (Wildman–Crippen MR) is 83.0 cm³/mol. The summed E-state index contributed by atoms with van der Waals surface area (Å²) in [5, 5.41) is 11.6. The second kappa shape index (κ2) is 7.82. The molecule has 0 aliphatic carbocycles. The van der Waals surface area contributed by atoms with Crippen molar-refractivity contribution in [2.24, 2.45) is 0 Å². The van der Waals surface area contributed by atoms with E-state index in [0.29, 0.717) is 18.2 Å². The van der Waals surface area contributed by atoms with E-state index in [2.05, 4.69) is 29.1 Å². The summed E-state index contributed by atoms with van der Waals surface area (Å²) in [5.41, 5.74) is 1.44. The molecule has 2 rings (SSSR count). The molecule has 21 heavy (non-hydrogen) atoms. The van der Waals surface area contributed by atoms with E-state index in [9.17, 15) is 4.79 Å². The van der Waals surface area contributed by atoms with Gasteiger partial charge in [0.15, 0.2) is 0 Å². The van der Waals surface area contributed by atoms with Crippen LogP contribution < -0.4 is 5.32 Å². The minimum Gasteiger partial charge on any atom is -0.384 e. The molecule has 1 unspecified atom stereocenters. The van der Waals surface area contributed by atoms with E-state index in [4.69, 9.17) is 5.11 Å². The lowest BCUT2D eigenvalue weighted by atomic mass is 10.0. The van der Waals surface area contributed by atoms with Gasteiger partial charge in [-0.15, -0.1) is 0 Å². The number of piperidine rings is 1. The van der Waals surface area contributed by atoms with Crippen LogP contribution in [0.5, 0.6) is 0 Å². The number of benzene rings is 1. The van der Waals surface area contributed by atoms with Gasteiger partial charge in [0.1, 0.15) is 6.61 Å². The monoisotopic (exact) mass is 286 g/mol. The van der Waals surface area contributed by atoms with Crippen LogP contribution in [0.15, 0.2) is 24.3 Å². The van der Waals surface area contributed by atoms with Crippen LogP contribution in [0.2, 0.25) is 0 Å². The molecule has 112 valence electrons. The fourth-order valence-corrected chi connectivity index (χ4v) is 2.56. The number of aliphatic hydroxyl groups excluding tert-OH is 1. The summed E-state index contributed by atoms with van der Waals surface area (Å²) in [5.74, 6) is 5.35. The van der Waals surface area contributed by atoms with E-state index in [1.165, 1.54) is 12.8 Å². The Bertz CT molecular complexity index is 528. The maximum absolute atomic E-state index is 12.1. The molecular weight excluding hydrogens is 264 g/mol. The topological polar surface area (TPSA) is 52.6 Å². The first kappa shape index (κ1) is 15.6. The second-order valence-electron chi connectivity index (χ2n) is 5.38. The Balaban J connectivity index is 1.88. The molecule has 1 aliphatic heterocycles. The van der Waals surface area contributed by atoms with E-state index in [-0.39, 0.29) is 12.5 Å². The summed E-state index contributed by atoms with van der Waals surface area (Å²) in [6.07, 6.45) is 3.63. The zero-order valence-electron chi connectivity index (χ0n) is 12.4. The lowest BCUT2D eigenvalue weighted by Gasteiger charge is -2.32. The van der Waals surface area contributed by atoms with Crippen molar-refractivity contribution in [3.63, 3.8) is 0 Å². The van der Waals surface area contributed by atoms with Crippen molar-refractivity contribution in [1.29, 1.82) is 0 Å². The smallest absolute Gasteiger partial charge is 0.251 e. The van der Waals surface area contributed by atoms with Crippen molar-refractivity contribution in [1.82, 2.24) is 10.2 Å². The lowest BCUT2D eigenvalue weighted by molar-refractivity contribution is 0.0928. The summed E-state index contributed by atoms with van der Waals surface area (Å²) >= 11 is 0. The van der Waals surface area contributed by atoms with E-state index in [1.54, 1.807) is 24.3 Å². The number of rotatable bonds is 3. The molecule has 1 atom stereocenters. The highest BCUT2D eigenvalue weighted by Gasteiger charge is 2.19. The molecule has 0 spiro atoms. The third kappa shape index (κ3) is 4.59. The standard InChI is InChI=1S/C17H22N2O2/c1-19-11-3-2-6-16(19)13-18-17(21)15-9-7-14(8-10-15)5-4-12-20/h7-10,16,20H,2-3,6,11-13H2,1H3,(H,18,21). The Labute approximate surface area is 126 Å². The highest BCUT2D eigenvalue weighted by molar-refractivity contribution is 5.94. The fourth-order valence-electron chi connectivity index (χ4n) is 2.56. The first-order chi connectivity index (χ1) is 10.2. The minimum atomic E-state index is -0.156. The van der Waals surface area contributed by atoms with Gasteiger partial charge in [-0.1, -0.05) is 18.3 Å². The van der Waals surface area contributed by atoms with Crippen molar-refractivity contribution in [3.8, 4) is 11.8 Å². The Hall–Kier alpha value is -1.83. The summed E-state index contributed by atoms with van der Waals surface area (Å²) in [7, 11) is 2.12. The number of amides is 1. The van der Waals surface area contributed by atoms with Crippen LogP contribution in [0, 0.1) is 11.8 Å². The molecule has 4 heteroatoms. The zero-order valence-corrected chi connectivity index (χ0v) is 12.4. The number of aliphatic hydroxyl groups is 1. The Morgan fingerprint density at radius 3 is 2.81 bits per heavy atom. The van der Waals surface area contributed by atoms with E-state index < -0.39 is 0 Å². The third-order valence-electron chi connectivity index (χ3n) is 3.88. The second-order valence-corrected chi connectivity index (χ2v) is 5.38. The third-order valence-corrected chi connectivity index (χ3v) is 3.88. The number of likely N-dealkylation sites (tertiary alicyclic amines) is 1. The number of nitrogens with zero attached hydrogens (tertiary/aromatic N) is 1. The molecule has 1 aromatic rings. The van der Waals surface area contributed by atoms with Gasteiger partial charge in [-0.05, 0) is 50.7 Å². The van der Waals surface area contributed by atoms with Crippen molar-refractivity contribution >= 4 is 5.91 Å². The SMILES string of the molecule is CN1CCCCC1CNC(=O)c1ccc(C#CCO)cc1. The van der Waals surface area contributed by atoms with Gasteiger partial charge >= 0.3 is 0 Å².